The maximum atomic E-state index is 13.2. The van der Waals surface area contributed by atoms with E-state index in [2.05, 4.69) is 29.5 Å². The molecule has 5 atom stereocenters. The normalized spacial score (nSPS) is 29.1. The van der Waals surface area contributed by atoms with Gasteiger partial charge >= 0.3 is 0 Å². The Hall–Kier alpha value is -2.21. The number of rotatable bonds is 4. The van der Waals surface area contributed by atoms with Crippen molar-refractivity contribution in [3.63, 3.8) is 0 Å². The lowest BCUT2D eigenvalue weighted by molar-refractivity contribution is -0.127. The van der Waals surface area contributed by atoms with Gasteiger partial charge in [0.2, 0.25) is 5.91 Å². The number of aromatic nitrogens is 2. The Bertz CT molecular complexity index is 1010. The largest absolute Gasteiger partial charge is 0.352 e. The molecular weight excluding hydrogens is 388 g/mol. The van der Waals surface area contributed by atoms with Crippen molar-refractivity contribution < 1.29 is 4.79 Å². The van der Waals surface area contributed by atoms with Gasteiger partial charge in [-0.15, -0.1) is 0 Å². The summed E-state index contributed by atoms with van der Waals surface area (Å²) in [7, 11) is 1.84. The van der Waals surface area contributed by atoms with Crippen LogP contribution in [0, 0.1) is 18.8 Å². The molecule has 2 aromatic heterocycles. The second-order valence-corrected chi connectivity index (χ2v) is 9.74. The minimum atomic E-state index is -0.0263. The fraction of sp³-hybridized carbons (Fsp3) is 0.640. The Morgan fingerprint density at radius 1 is 1.26 bits per heavy atom. The molecule has 0 spiro atoms. The van der Waals surface area contributed by atoms with E-state index in [1.165, 1.54) is 0 Å². The summed E-state index contributed by atoms with van der Waals surface area (Å²) in [5.41, 5.74) is 2.70. The quantitative estimate of drug-likeness (QED) is 0.789. The zero-order valence-electron chi connectivity index (χ0n) is 19.3. The molecule has 2 fully saturated rings. The number of carbonyl (C=O) groups is 1. The van der Waals surface area contributed by atoms with Crippen LogP contribution in [0.4, 0.5) is 0 Å². The second-order valence-electron chi connectivity index (χ2n) is 9.74. The number of nitrogens with one attached hydrogen (secondary N) is 2. The van der Waals surface area contributed by atoms with Crippen molar-refractivity contribution in [2.45, 2.75) is 77.3 Å². The van der Waals surface area contributed by atoms with E-state index in [9.17, 15) is 9.59 Å². The number of hydrogen-bond acceptors (Lipinski definition) is 4. The van der Waals surface area contributed by atoms with Gasteiger partial charge in [-0.3, -0.25) is 14.6 Å². The van der Waals surface area contributed by atoms with Crippen LogP contribution < -0.4 is 16.2 Å². The van der Waals surface area contributed by atoms with Gasteiger partial charge in [0, 0.05) is 54.4 Å². The van der Waals surface area contributed by atoms with E-state index in [1.807, 2.05) is 32.3 Å². The van der Waals surface area contributed by atoms with Crippen molar-refractivity contribution in [3.05, 3.63) is 39.9 Å². The van der Waals surface area contributed by atoms with Gasteiger partial charge in [0.25, 0.3) is 5.56 Å². The van der Waals surface area contributed by atoms with Gasteiger partial charge < -0.3 is 15.2 Å². The highest BCUT2D eigenvalue weighted by Crippen LogP contribution is 2.40. The number of nitrogens with zero attached hydrogens (tertiary/aromatic N) is 2. The fourth-order valence-corrected chi connectivity index (χ4v) is 5.46. The molecular formula is C25H36N4O2. The molecule has 1 saturated heterocycles. The van der Waals surface area contributed by atoms with Crippen LogP contribution in [0.3, 0.4) is 0 Å². The lowest BCUT2D eigenvalue weighted by atomic mass is 9.71. The summed E-state index contributed by atoms with van der Waals surface area (Å²) in [5.74, 6) is 0.618. The lowest BCUT2D eigenvalue weighted by Gasteiger charge is -2.35. The Morgan fingerprint density at radius 2 is 2.06 bits per heavy atom. The predicted octanol–water partition coefficient (Wildman–Crippen LogP) is 3.41. The van der Waals surface area contributed by atoms with E-state index < -0.39 is 0 Å². The molecule has 3 heterocycles. The number of amides is 1. The smallest absolute Gasteiger partial charge is 0.254 e. The van der Waals surface area contributed by atoms with Crippen LogP contribution in [0.1, 0.15) is 69.5 Å². The summed E-state index contributed by atoms with van der Waals surface area (Å²) in [6.45, 7) is 7.21. The van der Waals surface area contributed by atoms with Crippen LogP contribution in [0.15, 0.2) is 23.1 Å². The molecule has 2 aromatic rings. The summed E-state index contributed by atoms with van der Waals surface area (Å²) >= 11 is 0. The van der Waals surface area contributed by atoms with Crippen LogP contribution in [0.2, 0.25) is 0 Å². The molecule has 1 aliphatic heterocycles. The number of carbonyl (C=O) groups excluding carboxylic acids is 1. The van der Waals surface area contributed by atoms with Crippen molar-refractivity contribution in [3.8, 4) is 0 Å². The summed E-state index contributed by atoms with van der Waals surface area (Å²) in [5, 5.41) is 7.81. The van der Waals surface area contributed by atoms with Crippen LogP contribution in [-0.4, -0.2) is 34.1 Å². The number of piperidine rings is 1. The number of pyridine rings is 2. The highest BCUT2D eigenvalue weighted by molar-refractivity contribution is 5.80. The molecule has 31 heavy (non-hydrogen) atoms. The number of fused-ring (bicyclic) bond motifs is 1. The highest BCUT2D eigenvalue weighted by atomic mass is 16.2. The first-order valence-electron chi connectivity index (χ1n) is 11.9. The zero-order chi connectivity index (χ0) is 22.1. The molecule has 6 nitrogen and oxygen atoms in total. The first-order chi connectivity index (χ1) is 14.9. The van der Waals surface area contributed by atoms with Gasteiger partial charge in [0.05, 0.1) is 5.52 Å². The minimum absolute atomic E-state index is 0.0263. The number of aryl methyl sites for hydroxylation is 2. The first-order valence-corrected chi connectivity index (χ1v) is 11.9. The van der Waals surface area contributed by atoms with E-state index in [0.717, 1.165) is 67.2 Å². The Balaban J connectivity index is 1.52. The molecule has 1 saturated carbocycles. The van der Waals surface area contributed by atoms with E-state index in [0.29, 0.717) is 12.0 Å². The molecule has 1 amide bonds. The van der Waals surface area contributed by atoms with Gasteiger partial charge in [0.1, 0.15) is 0 Å². The van der Waals surface area contributed by atoms with E-state index in [1.54, 1.807) is 4.57 Å². The first kappa shape index (κ1) is 22.0. The van der Waals surface area contributed by atoms with E-state index in [4.69, 9.17) is 0 Å². The van der Waals surface area contributed by atoms with Gasteiger partial charge in [-0.05, 0) is 69.4 Å². The molecule has 1 aliphatic carbocycles. The molecule has 6 heteroatoms. The monoisotopic (exact) mass is 424 g/mol. The Morgan fingerprint density at radius 3 is 2.77 bits per heavy atom. The Kier molecular flexibility index (Phi) is 6.47. The van der Waals surface area contributed by atoms with Gasteiger partial charge in [-0.2, -0.15) is 0 Å². The molecule has 4 rings (SSSR count). The van der Waals surface area contributed by atoms with Crippen LogP contribution >= 0.6 is 0 Å². The minimum Gasteiger partial charge on any atom is -0.352 e. The third kappa shape index (κ3) is 4.54. The van der Waals surface area contributed by atoms with Crippen LogP contribution in [0.5, 0.6) is 0 Å². The number of hydrogen-bond donors (Lipinski definition) is 2. The topological polar surface area (TPSA) is 76.0 Å². The molecule has 0 aromatic carbocycles. The third-order valence-corrected chi connectivity index (χ3v) is 7.59. The lowest BCUT2D eigenvalue weighted by Crippen LogP contribution is -2.51. The third-order valence-electron chi connectivity index (χ3n) is 7.59. The maximum absolute atomic E-state index is 13.2. The fourth-order valence-electron chi connectivity index (χ4n) is 5.46. The van der Waals surface area contributed by atoms with Crippen molar-refractivity contribution in [2.24, 2.45) is 18.9 Å². The summed E-state index contributed by atoms with van der Waals surface area (Å²) in [6.07, 6.45) is 7.76. The average molecular weight is 425 g/mol. The highest BCUT2D eigenvalue weighted by Gasteiger charge is 2.35. The SMILES string of the molecule is CCC1CCC(NC(=O)C2CCC(C)C(c3cc4cnc(C)cc4n(C)c3=O)C2)CN1. The van der Waals surface area contributed by atoms with Crippen LogP contribution in [0.25, 0.3) is 10.9 Å². The molecule has 0 radical (unpaired) electrons. The summed E-state index contributed by atoms with van der Waals surface area (Å²) in [4.78, 5) is 30.7. The maximum Gasteiger partial charge on any atom is 0.254 e. The summed E-state index contributed by atoms with van der Waals surface area (Å²) < 4.78 is 1.74. The van der Waals surface area contributed by atoms with Crippen LogP contribution in [-0.2, 0) is 11.8 Å². The standard InChI is InChI=1S/C25H36N4O2/c1-5-19-8-9-20(14-27-19)28-24(30)17-7-6-15(2)21(11-17)22-12-18-13-26-16(3)10-23(18)29(4)25(22)31/h10,12-13,15,17,19-21,27H,5-9,11,14H2,1-4H3,(H,28,30). The van der Waals surface area contributed by atoms with Gasteiger partial charge in [-0.1, -0.05) is 13.8 Å². The molecule has 0 bridgehead atoms. The molecule has 2 aliphatic rings. The molecule has 2 N–H and O–H groups in total. The molecule has 168 valence electrons. The Labute approximate surface area is 184 Å². The second kappa shape index (κ2) is 9.11. The van der Waals surface area contributed by atoms with E-state index >= 15 is 0 Å². The van der Waals surface area contributed by atoms with Crippen molar-refractivity contribution >= 4 is 16.8 Å². The van der Waals surface area contributed by atoms with Gasteiger partial charge in [0.15, 0.2) is 0 Å². The van der Waals surface area contributed by atoms with Crippen molar-refractivity contribution in [1.29, 1.82) is 0 Å². The van der Waals surface area contributed by atoms with Crippen molar-refractivity contribution in [1.82, 2.24) is 20.2 Å². The summed E-state index contributed by atoms with van der Waals surface area (Å²) in [6, 6.07) is 4.77. The zero-order valence-corrected chi connectivity index (χ0v) is 19.3. The van der Waals surface area contributed by atoms with Gasteiger partial charge in [-0.25, -0.2) is 0 Å². The van der Waals surface area contributed by atoms with Crippen molar-refractivity contribution in [2.75, 3.05) is 6.54 Å². The predicted molar refractivity (Wildman–Crippen MR) is 124 cm³/mol. The van der Waals surface area contributed by atoms with E-state index in [-0.39, 0.29) is 29.3 Å². The molecule has 5 unspecified atom stereocenters. The average Bonchev–Trinajstić information content (AvgIpc) is 2.77.